The zero-order valence-electron chi connectivity index (χ0n) is 10.00. The maximum absolute atomic E-state index is 13.3. The van der Waals surface area contributed by atoms with Gasteiger partial charge in [0.05, 0.1) is 5.41 Å². The molecule has 0 spiro atoms. The van der Waals surface area contributed by atoms with Crippen LogP contribution in [0.2, 0.25) is 0 Å². The van der Waals surface area contributed by atoms with Crippen LogP contribution < -0.4 is 0 Å². The fourth-order valence-corrected chi connectivity index (χ4v) is 2.47. The second-order valence-electron chi connectivity index (χ2n) is 4.91. The Morgan fingerprint density at radius 3 is 2.21 bits per heavy atom. The first-order valence-corrected chi connectivity index (χ1v) is 5.87. The number of rotatable bonds is 2. The maximum Gasteiger partial charge on any atom is 0.314 e. The van der Waals surface area contributed by atoms with Crippen molar-refractivity contribution in [2.24, 2.45) is 0 Å². The molecule has 6 heteroatoms. The molecule has 0 saturated heterocycles. The van der Waals surface area contributed by atoms with Crippen molar-refractivity contribution in [1.82, 2.24) is 0 Å². The molecule has 1 aromatic carbocycles. The van der Waals surface area contributed by atoms with Crippen molar-refractivity contribution in [2.45, 2.75) is 37.0 Å². The third-order valence-corrected chi connectivity index (χ3v) is 3.74. The van der Waals surface area contributed by atoms with Gasteiger partial charge in [-0.15, -0.1) is 0 Å². The highest BCUT2D eigenvalue weighted by Gasteiger charge is 2.49. The Labute approximate surface area is 107 Å². The third kappa shape index (κ3) is 2.39. The van der Waals surface area contributed by atoms with E-state index in [1.54, 1.807) is 0 Å². The number of aliphatic carboxylic acids is 1. The first-order valence-electron chi connectivity index (χ1n) is 5.87. The van der Waals surface area contributed by atoms with E-state index in [0.29, 0.717) is 0 Å². The number of benzene rings is 1. The van der Waals surface area contributed by atoms with E-state index < -0.39 is 41.7 Å². The van der Waals surface area contributed by atoms with Gasteiger partial charge in [-0.2, -0.15) is 0 Å². The van der Waals surface area contributed by atoms with Crippen LogP contribution in [0.15, 0.2) is 18.2 Å². The first-order chi connectivity index (χ1) is 8.77. The summed E-state index contributed by atoms with van der Waals surface area (Å²) in [6.45, 7) is 0. The third-order valence-electron chi connectivity index (χ3n) is 3.74. The Morgan fingerprint density at radius 1 is 1.16 bits per heavy atom. The van der Waals surface area contributed by atoms with Crippen LogP contribution in [-0.4, -0.2) is 22.1 Å². The fourth-order valence-electron chi connectivity index (χ4n) is 2.47. The van der Waals surface area contributed by atoms with Gasteiger partial charge in [0.1, 0.15) is 0 Å². The summed E-state index contributed by atoms with van der Waals surface area (Å²) < 4.78 is 39.7. The molecular formula is C13H13F3O3. The molecule has 1 aliphatic carbocycles. The van der Waals surface area contributed by atoms with E-state index in [-0.39, 0.29) is 18.4 Å². The van der Waals surface area contributed by atoms with E-state index in [9.17, 15) is 23.1 Å². The normalized spacial score (nSPS) is 21.0. The lowest BCUT2D eigenvalue weighted by molar-refractivity contribution is -0.149. The fraction of sp³-hybridized carbons (Fsp3) is 0.462. The number of hydrogen-bond acceptors (Lipinski definition) is 2. The molecule has 0 amide bonds. The van der Waals surface area contributed by atoms with E-state index >= 15 is 0 Å². The molecule has 1 fully saturated rings. The molecule has 0 unspecified atom stereocenters. The maximum atomic E-state index is 13.3. The van der Waals surface area contributed by atoms with Gasteiger partial charge in [0.25, 0.3) is 0 Å². The highest BCUT2D eigenvalue weighted by atomic mass is 19.3. The summed E-state index contributed by atoms with van der Waals surface area (Å²) in [5.41, 5.74) is -1.39. The number of halogens is 3. The summed E-state index contributed by atoms with van der Waals surface area (Å²) in [5, 5.41) is 18.4. The number of alkyl halides is 2. The molecule has 0 bridgehead atoms. The van der Waals surface area contributed by atoms with Crippen LogP contribution in [0.1, 0.15) is 31.2 Å². The van der Waals surface area contributed by atoms with Gasteiger partial charge >= 0.3 is 5.97 Å². The van der Waals surface area contributed by atoms with Crippen molar-refractivity contribution in [2.75, 3.05) is 0 Å². The van der Waals surface area contributed by atoms with Crippen molar-refractivity contribution < 1.29 is 28.2 Å². The molecule has 0 aliphatic heterocycles. The van der Waals surface area contributed by atoms with Crippen LogP contribution in [0.3, 0.4) is 0 Å². The molecular weight excluding hydrogens is 261 g/mol. The van der Waals surface area contributed by atoms with Gasteiger partial charge < -0.3 is 10.2 Å². The minimum atomic E-state index is -2.87. The predicted octanol–water partition coefficient (Wildman–Crippen LogP) is 3.06. The van der Waals surface area contributed by atoms with Crippen LogP contribution in [-0.2, 0) is 10.2 Å². The van der Waals surface area contributed by atoms with Crippen LogP contribution in [0, 0.1) is 5.82 Å². The monoisotopic (exact) mass is 274 g/mol. The van der Waals surface area contributed by atoms with E-state index in [1.807, 2.05) is 0 Å². The van der Waals surface area contributed by atoms with Crippen molar-refractivity contribution in [1.29, 1.82) is 0 Å². The predicted molar refractivity (Wildman–Crippen MR) is 60.8 cm³/mol. The van der Waals surface area contributed by atoms with Gasteiger partial charge in [-0.25, -0.2) is 13.2 Å². The van der Waals surface area contributed by atoms with Crippen molar-refractivity contribution in [3.8, 4) is 5.75 Å². The van der Waals surface area contributed by atoms with E-state index in [4.69, 9.17) is 5.11 Å². The first kappa shape index (κ1) is 13.7. The number of phenolic OH excluding ortho intramolecular Hbond substituents is 1. The molecule has 0 aromatic heterocycles. The average Bonchev–Trinajstić information content (AvgIpc) is 2.33. The quantitative estimate of drug-likeness (QED) is 0.871. The van der Waals surface area contributed by atoms with Crippen LogP contribution in [0.4, 0.5) is 13.2 Å². The molecule has 3 nitrogen and oxygen atoms in total. The van der Waals surface area contributed by atoms with Gasteiger partial charge in [0, 0.05) is 12.8 Å². The number of carbonyl (C=O) groups is 1. The zero-order valence-corrected chi connectivity index (χ0v) is 10.00. The van der Waals surface area contributed by atoms with Gasteiger partial charge in [0.15, 0.2) is 11.6 Å². The average molecular weight is 274 g/mol. The Bertz CT molecular complexity index is 504. The molecule has 2 rings (SSSR count). The van der Waals surface area contributed by atoms with E-state index in [1.165, 1.54) is 6.07 Å². The largest absolute Gasteiger partial charge is 0.505 e. The molecule has 104 valence electrons. The second-order valence-corrected chi connectivity index (χ2v) is 4.91. The smallest absolute Gasteiger partial charge is 0.314 e. The minimum absolute atomic E-state index is 0.116. The summed E-state index contributed by atoms with van der Waals surface area (Å²) in [7, 11) is 0. The zero-order chi connectivity index (χ0) is 14.3. The van der Waals surface area contributed by atoms with Gasteiger partial charge in [-0.3, -0.25) is 4.79 Å². The Morgan fingerprint density at radius 2 is 1.74 bits per heavy atom. The lowest BCUT2D eigenvalue weighted by Gasteiger charge is -2.37. The second kappa shape index (κ2) is 4.43. The molecule has 0 radical (unpaired) electrons. The topological polar surface area (TPSA) is 57.5 Å². The van der Waals surface area contributed by atoms with Crippen molar-refractivity contribution >= 4 is 5.97 Å². The van der Waals surface area contributed by atoms with E-state index in [2.05, 4.69) is 0 Å². The van der Waals surface area contributed by atoms with Gasteiger partial charge in [-0.05, 0) is 30.5 Å². The summed E-state index contributed by atoms with van der Waals surface area (Å²) in [5.74, 6) is -5.65. The lowest BCUT2D eigenvalue weighted by Crippen LogP contribution is -2.42. The number of carboxylic acid groups (broad SMARTS) is 1. The van der Waals surface area contributed by atoms with Crippen LogP contribution in [0.25, 0.3) is 0 Å². The minimum Gasteiger partial charge on any atom is -0.505 e. The summed E-state index contributed by atoms with van der Waals surface area (Å²) in [6, 6.07) is 3.23. The molecule has 19 heavy (non-hydrogen) atoms. The van der Waals surface area contributed by atoms with E-state index in [0.717, 1.165) is 12.1 Å². The Hall–Kier alpha value is -1.72. The molecule has 0 atom stereocenters. The molecule has 0 heterocycles. The Balaban J connectivity index is 2.41. The van der Waals surface area contributed by atoms with Crippen LogP contribution >= 0.6 is 0 Å². The van der Waals surface area contributed by atoms with Gasteiger partial charge in [-0.1, -0.05) is 6.07 Å². The number of carboxylic acids is 1. The molecule has 1 aliphatic rings. The molecule has 2 N–H and O–H groups in total. The van der Waals surface area contributed by atoms with Crippen LogP contribution in [0.5, 0.6) is 5.75 Å². The summed E-state index contributed by atoms with van der Waals surface area (Å²) in [4.78, 5) is 11.5. The number of aromatic hydroxyl groups is 1. The molecule has 1 aromatic rings. The van der Waals surface area contributed by atoms with Crippen molar-refractivity contribution in [3.63, 3.8) is 0 Å². The standard InChI is InChI=1S/C13H13F3O3/c14-9-7-8(1-2-10(9)17)12(11(18)19)3-5-13(15,16)6-4-12/h1-2,7,17H,3-6H2,(H,18,19). The number of phenols is 1. The summed E-state index contributed by atoms with van der Waals surface area (Å²) in [6.07, 6.45) is -1.58. The number of hydrogen-bond donors (Lipinski definition) is 2. The highest BCUT2D eigenvalue weighted by molar-refractivity contribution is 5.81. The summed E-state index contributed by atoms with van der Waals surface area (Å²) >= 11 is 0. The molecule has 1 saturated carbocycles. The highest BCUT2D eigenvalue weighted by Crippen LogP contribution is 2.46. The van der Waals surface area contributed by atoms with Gasteiger partial charge in [0.2, 0.25) is 5.92 Å². The SMILES string of the molecule is O=C(O)C1(c2ccc(O)c(F)c2)CCC(F)(F)CC1. The lowest BCUT2D eigenvalue weighted by atomic mass is 9.68. The Kier molecular flexibility index (Phi) is 3.20. The van der Waals surface area contributed by atoms with Crippen molar-refractivity contribution in [3.05, 3.63) is 29.6 Å².